The van der Waals surface area contributed by atoms with E-state index in [-0.39, 0.29) is 11.6 Å². The van der Waals surface area contributed by atoms with Crippen molar-refractivity contribution in [3.63, 3.8) is 0 Å². The summed E-state index contributed by atoms with van der Waals surface area (Å²) >= 11 is 1.08. The fraction of sp³-hybridized carbons (Fsp3) is 0.364. The largest absolute Gasteiger partial charge is 0.467 e. The van der Waals surface area contributed by atoms with Gasteiger partial charge in [-0.1, -0.05) is 17.5 Å². The summed E-state index contributed by atoms with van der Waals surface area (Å²) in [6, 6.07) is 8.05. The van der Waals surface area contributed by atoms with E-state index < -0.39 is 17.5 Å². The number of nitrogens with one attached hydrogen (secondary N) is 1. The van der Waals surface area contributed by atoms with Gasteiger partial charge in [0.1, 0.15) is 5.76 Å². The molecule has 0 unspecified atom stereocenters. The van der Waals surface area contributed by atoms with Crippen LogP contribution in [0.5, 0.6) is 0 Å². The molecule has 0 saturated carbocycles. The second-order valence-electron chi connectivity index (χ2n) is 7.88. The second-order valence-corrected chi connectivity index (χ2v) is 8.49. The number of furan rings is 1. The molecule has 3 rings (SSSR count). The Kier molecular flexibility index (Phi) is 6.36. The Bertz CT molecular complexity index is 1010. The Morgan fingerprint density at radius 3 is 2.57 bits per heavy atom. The molecule has 2 heterocycles. The van der Waals surface area contributed by atoms with Crippen LogP contribution in [0.25, 0.3) is 0 Å². The van der Waals surface area contributed by atoms with Gasteiger partial charge in [-0.15, -0.1) is 5.10 Å². The van der Waals surface area contributed by atoms with Gasteiger partial charge in [-0.2, -0.15) is 0 Å². The van der Waals surface area contributed by atoms with Crippen LogP contribution in [0, 0.1) is 13.8 Å². The molecule has 0 fully saturated rings. The van der Waals surface area contributed by atoms with E-state index in [2.05, 4.69) is 14.9 Å². The summed E-state index contributed by atoms with van der Waals surface area (Å²) in [4.78, 5) is 28.4. The molecular formula is C22H26N4O3S. The van der Waals surface area contributed by atoms with Crippen molar-refractivity contribution < 1.29 is 14.0 Å². The molecule has 2 aromatic heterocycles. The van der Waals surface area contributed by atoms with Crippen LogP contribution in [-0.2, 0) is 4.79 Å². The van der Waals surface area contributed by atoms with Gasteiger partial charge in [0, 0.05) is 16.6 Å². The minimum Gasteiger partial charge on any atom is -0.467 e. The van der Waals surface area contributed by atoms with Crippen molar-refractivity contribution in [3.8, 4) is 0 Å². The Hall–Kier alpha value is -3.00. The number of nitrogens with zero attached hydrogens (tertiary/aromatic N) is 3. The van der Waals surface area contributed by atoms with Crippen LogP contribution in [0.15, 0.2) is 46.4 Å². The molecule has 30 heavy (non-hydrogen) atoms. The Morgan fingerprint density at radius 2 is 2.00 bits per heavy atom. The summed E-state index contributed by atoms with van der Waals surface area (Å²) in [6.07, 6.45) is 2.23. The van der Waals surface area contributed by atoms with Gasteiger partial charge >= 0.3 is 0 Å². The van der Waals surface area contributed by atoms with Gasteiger partial charge in [-0.25, -0.2) is 0 Å². The number of rotatable bonds is 7. The first kappa shape index (κ1) is 21.7. The molecule has 1 atom stereocenters. The van der Waals surface area contributed by atoms with Gasteiger partial charge in [0.05, 0.1) is 6.26 Å². The zero-order valence-corrected chi connectivity index (χ0v) is 18.6. The van der Waals surface area contributed by atoms with E-state index >= 15 is 0 Å². The number of hydrogen-bond acceptors (Lipinski definition) is 6. The van der Waals surface area contributed by atoms with Crippen LogP contribution in [0.1, 0.15) is 60.6 Å². The molecule has 2 amide bonds. The highest BCUT2D eigenvalue weighted by Gasteiger charge is 2.38. The molecule has 8 heteroatoms. The summed E-state index contributed by atoms with van der Waals surface area (Å²) in [6.45, 7) is 9.84. The van der Waals surface area contributed by atoms with E-state index in [4.69, 9.17) is 4.42 Å². The number of carbonyl (C=O) groups is 2. The fourth-order valence-corrected chi connectivity index (χ4v) is 3.38. The van der Waals surface area contributed by atoms with Gasteiger partial charge in [0.25, 0.3) is 11.8 Å². The maximum Gasteiger partial charge on any atom is 0.280 e. The van der Waals surface area contributed by atoms with E-state index in [1.807, 2.05) is 52.8 Å². The summed E-state index contributed by atoms with van der Waals surface area (Å²) in [7, 11) is 0. The van der Waals surface area contributed by atoms with Crippen molar-refractivity contribution in [2.45, 2.75) is 52.6 Å². The molecule has 0 spiro atoms. The van der Waals surface area contributed by atoms with Crippen LogP contribution >= 0.6 is 11.5 Å². The molecule has 0 aliphatic heterocycles. The van der Waals surface area contributed by atoms with Crippen LogP contribution in [-0.4, -0.2) is 26.9 Å². The van der Waals surface area contributed by atoms with Crippen LogP contribution < -0.4 is 10.2 Å². The summed E-state index contributed by atoms with van der Waals surface area (Å²) in [5, 5.41) is 8.55. The molecular weight excluding hydrogens is 400 g/mol. The molecule has 0 aliphatic rings. The minimum absolute atomic E-state index is 0.178. The smallest absolute Gasteiger partial charge is 0.280 e. The number of aryl methyl sites for hydroxylation is 2. The molecule has 0 aliphatic carbocycles. The number of anilines is 1. The van der Waals surface area contributed by atoms with Crippen LogP contribution in [0.3, 0.4) is 0 Å². The molecule has 0 bridgehead atoms. The normalized spacial score (nSPS) is 12.4. The predicted octanol–water partition coefficient (Wildman–Crippen LogP) is 4.44. The highest BCUT2D eigenvalue weighted by atomic mass is 32.1. The van der Waals surface area contributed by atoms with Gasteiger partial charge in [0.2, 0.25) is 0 Å². The number of carbonyl (C=O) groups excluding carboxylic acids is 2. The lowest BCUT2D eigenvalue weighted by atomic mass is 10.00. The predicted molar refractivity (Wildman–Crippen MR) is 117 cm³/mol. The van der Waals surface area contributed by atoms with E-state index in [0.29, 0.717) is 11.4 Å². The minimum atomic E-state index is -0.998. The third kappa shape index (κ3) is 4.59. The highest BCUT2D eigenvalue weighted by molar-refractivity contribution is 7.03. The van der Waals surface area contributed by atoms with Crippen molar-refractivity contribution in [2.75, 3.05) is 4.90 Å². The zero-order chi connectivity index (χ0) is 21.9. The average Bonchev–Trinajstić information content (AvgIpc) is 3.41. The van der Waals surface area contributed by atoms with Gasteiger partial charge in [0.15, 0.2) is 11.7 Å². The number of aromatic nitrogens is 2. The van der Waals surface area contributed by atoms with E-state index in [1.54, 1.807) is 17.5 Å². The maximum atomic E-state index is 13.5. The lowest BCUT2D eigenvalue weighted by Gasteiger charge is -2.33. The highest BCUT2D eigenvalue weighted by Crippen LogP contribution is 2.32. The van der Waals surface area contributed by atoms with Crippen LogP contribution in [0.4, 0.5) is 5.69 Å². The third-order valence-electron chi connectivity index (χ3n) is 5.23. The average molecular weight is 427 g/mol. The molecule has 158 valence electrons. The zero-order valence-electron chi connectivity index (χ0n) is 17.8. The van der Waals surface area contributed by atoms with Crippen molar-refractivity contribution >= 4 is 29.0 Å². The first-order chi connectivity index (χ1) is 14.2. The van der Waals surface area contributed by atoms with Gasteiger partial charge < -0.3 is 9.73 Å². The quantitative estimate of drug-likeness (QED) is 0.603. The van der Waals surface area contributed by atoms with Crippen molar-refractivity contribution in [3.05, 3.63) is 64.6 Å². The van der Waals surface area contributed by atoms with Crippen molar-refractivity contribution in [1.82, 2.24) is 14.9 Å². The molecule has 1 aromatic carbocycles. The fourth-order valence-electron chi connectivity index (χ4n) is 2.95. The van der Waals surface area contributed by atoms with E-state index in [1.165, 1.54) is 11.2 Å². The third-order valence-corrected chi connectivity index (χ3v) is 5.74. The standard InChI is InChI=1S/C22H26N4O3S/c1-6-22(4,5)23-20(27)19(18-8-7-11-29-18)26(21(28)17-13-30-25-24-17)16-10-9-14(2)15(3)12-16/h7-13,19H,6H2,1-5H3,(H,23,27)/t19-/m0/s1. The molecule has 0 saturated heterocycles. The Balaban J connectivity index is 2.14. The monoisotopic (exact) mass is 426 g/mol. The Morgan fingerprint density at radius 1 is 1.23 bits per heavy atom. The van der Waals surface area contributed by atoms with Crippen molar-refractivity contribution in [1.29, 1.82) is 0 Å². The molecule has 3 aromatic rings. The SMILES string of the molecule is CCC(C)(C)NC(=O)[C@H](c1ccco1)N(C(=O)c1csnn1)c1ccc(C)c(C)c1. The number of benzene rings is 1. The summed E-state index contributed by atoms with van der Waals surface area (Å²) in [5.74, 6) is -0.376. The summed E-state index contributed by atoms with van der Waals surface area (Å²) < 4.78 is 9.41. The van der Waals surface area contributed by atoms with E-state index in [0.717, 1.165) is 29.1 Å². The maximum absolute atomic E-state index is 13.5. The van der Waals surface area contributed by atoms with Crippen molar-refractivity contribution in [2.24, 2.45) is 0 Å². The van der Waals surface area contributed by atoms with Gasteiger partial charge in [-0.05, 0) is 81.0 Å². The topological polar surface area (TPSA) is 88.3 Å². The van der Waals surface area contributed by atoms with Gasteiger partial charge in [-0.3, -0.25) is 14.5 Å². The lowest BCUT2D eigenvalue weighted by Crippen LogP contribution is -2.50. The first-order valence-electron chi connectivity index (χ1n) is 9.77. The summed E-state index contributed by atoms with van der Waals surface area (Å²) in [5.41, 5.74) is 2.42. The second kappa shape index (κ2) is 8.79. The number of amides is 2. The van der Waals surface area contributed by atoms with E-state index in [9.17, 15) is 9.59 Å². The van der Waals surface area contributed by atoms with Crippen LogP contribution in [0.2, 0.25) is 0 Å². The molecule has 7 nitrogen and oxygen atoms in total. The number of hydrogen-bond donors (Lipinski definition) is 1. The molecule has 0 radical (unpaired) electrons. The lowest BCUT2D eigenvalue weighted by molar-refractivity contribution is -0.124. The molecule has 1 N–H and O–H groups in total. The first-order valence-corrected chi connectivity index (χ1v) is 10.6. The Labute approximate surface area is 180 Å².